The first kappa shape index (κ1) is 20.4. The molecule has 6 heteroatoms. The molecule has 2 aliphatic heterocycles. The molecule has 0 radical (unpaired) electrons. The standard InChI is InChI=1S/C23H34N4O2/c1-19(2)25-10-12-27(13-11-25)23(28)21-4-5-22-20(18-21)6-9-26(22)8-3-7-24-14-16-29-17-15-24/h4-6,9,18-19H,3,7-8,10-17H2,1-2H3. The van der Waals surface area contributed by atoms with Gasteiger partial charge in [-0.15, -0.1) is 0 Å². The van der Waals surface area contributed by atoms with Crippen LogP contribution in [0.25, 0.3) is 10.9 Å². The summed E-state index contributed by atoms with van der Waals surface area (Å²) in [7, 11) is 0. The number of hydrogen-bond donors (Lipinski definition) is 0. The fraction of sp³-hybridized carbons (Fsp3) is 0.609. The van der Waals surface area contributed by atoms with Crippen LogP contribution < -0.4 is 0 Å². The Morgan fingerprint density at radius 2 is 1.76 bits per heavy atom. The van der Waals surface area contributed by atoms with Gasteiger partial charge in [-0.2, -0.15) is 0 Å². The molecule has 1 amide bonds. The van der Waals surface area contributed by atoms with Crippen molar-refractivity contribution in [2.45, 2.75) is 32.9 Å². The highest BCUT2D eigenvalue weighted by atomic mass is 16.5. The van der Waals surface area contributed by atoms with Crippen molar-refractivity contribution in [1.29, 1.82) is 0 Å². The van der Waals surface area contributed by atoms with Crippen molar-refractivity contribution in [2.24, 2.45) is 0 Å². The maximum absolute atomic E-state index is 13.0. The van der Waals surface area contributed by atoms with E-state index in [1.807, 2.05) is 11.0 Å². The number of benzene rings is 1. The normalized spacial score (nSPS) is 19.3. The van der Waals surface area contributed by atoms with E-state index >= 15 is 0 Å². The second-order valence-electron chi connectivity index (χ2n) is 8.51. The largest absolute Gasteiger partial charge is 0.379 e. The van der Waals surface area contributed by atoms with Crippen LogP contribution in [0.5, 0.6) is 0 Å². The lowest BCUT2D eigenvalue weighted by atomic mass is 10.1. The molecule has 0 N–H and O–H groups in total. The van der Waals surface area contributed by atoms with E-state index in [9.17, 15) is 4.79 Å². The van der Waals surface area contributed by atoms with E-state index in [4.69, 9.17) is 4.74 Å². The molecule has 0 bridgehead atoms. The summed E-state index contributed by atoms with van der Waals surface area (Å²) in [6, 6.07) is 8.86. The number of morpholine rings is 1. The monoisotopic (exact) mass is 398 g/mol. The fourth-order valence-corrected chi connectivity index (χ4v) is 4.44. The first-order valence-electron chi connectivity index (χ1n) is 11.0. The maximum Gasteiger partial charge on any atom is 0.253 e. The number of fused-ring (bicyclic) bond motifs is 1. The average molecular weight is 399 g/mol. The van der Waals surface area contributed by atoms with Crippen LogP contribution in [0.4, 0.5) is 0 Å². The number of hydrogen-bond acceptors (Lipinski definition) is 4. The minimum atomic E-state index is 0.162. The molecular formula is C23H34N4O2. The second kappa shape index (κ2) is 9.28. The van der Waals surface area contributed by atoms with Crippen molar-refractivity contribution in [3.8, 4) is 0 Å². The zero-order valence-electron chi connectivity index (χ0n) is 17.8. The van der Waals surface area contributed by atoms with Gasteiger partial charge in [-0.25, -0.2) is 0 Å². The molecule has 2 aromatic rings. The van der Waals surface area contributed by atoms with Crippen LogP contribution in [-0.2, 0) is 11.3 Å². The van der Waals surface area contributed by atoms with Crippen molar-refractivity contribution < 1.29 is 9.53 Å². The minimum absolute atomic E-state index is 0.162. The van der Waals surface area contributed by atoms with Gasteiger partial charge in [-0.05, 0) is 44.5 Å². The SMILES string of the molecule is CC(C)N1CCN(C(=O)c2ccc3c(ccn3CCCN3CCOCC3)c2)CC1. The summed E-state index contributed by atoms with van der Waals surface area (Å²) in [5, 5.41) is 1.16. The number of rotatable bonds is 6. The molecule has 0 atom stereocenters. The van der Waals surface area contributed by atoms with Crippen LogP contribution in [0, 0.1) is 0 Å². The molecule has 158 valence electrons. The molecule has 0 unspecified atom stereocenters. The van der Waals surface area contributed by atoms with E-state index in [1.165, 1.54) is 5.52 Å². The Labute approximate surface area is 174 Å². The van der Waals surface area contributed by atoms with Gasteiger partial charge in [0.25, 0.3) is 5.91 Å². The van der Waals surface area contributed by atoms with Gasteiger partial charge in [-0.1, -0.05) is 0 Å². The molecule has 1 aromatic carbocycles. The summed E-state index contributed by atoms with van der Waals surface area (Å²) in [6.45, 7) is 13.9. The van der Waals surface area contributed by atoms with Gasteiger partial charge in [0.05, 0.1) is 13.2 Å². The van der Waals surface area contributed by atoms with Crippen molar-refractivity contribution in [3.63, 3.8) is 0 Å². The lowest BCUT2D eigenvalue weighted by Crippen LogP contribution is -2.50. The number of carbonyl (C=O) groups excluding carboxylic acids is 1. The minimum Gasteiger partial charge on any atom is -0.379 e. The Kier molecular flexibility index (Phi) is 6.53. The zero-order valence-corrected chi connectivity index (χ0v) is 17.8. The van der Waals surface area contributed by atoms with Gasteiger partial charge < -0.3 is 14.2 Å². The number of piperazine rings is 1. The molecule has 0 saturated carbocycles. The molecule has 0 aliphatic carbocycles. The summed E-state index contributed by atoms with van der Waals surface area (Å²) < 4.78 is 7.73. The van der Waals surface area contributed by atoms with Crippen LogP contribution in [0.1, 0.15) is 30.6 Å². The molecular weight excluding hydrogens is 364 g/mol. The molecule has 0 spiro atoms. The predicted molar refractivity (Wildman–Crippen MR) is 116 cm³/mol. The highest BCUT2D eigenvalue weighted by Crippen LogP contribution is 2.20. The van der Waals surface area contributed by atoms with Crippen LogP contribution in [0.2, 0.25) is 0 Å². The van der Waals surface area contributed by atoms with Crippen LogP contribution in [0.15, 0.2) is 30.5 Å². The third-order valence-electron chi connectivity index (χ3n) is 6.33. The van der Waals surface area contributed by atoms with Crippen molar-refractivity contribution in [3.05, 3.63) is 36.0 Å². The topological polar surface area (TPSA) is 41.0 Å². The molecule has 2 saturated heterocycles. The van der Waals surface area contributed by atoms with E-state index in [2.05, 4.69) is 52.6 Å². The van der Waals surface area contributed by atoms with Gasteiger partial charge >= 0.3 is 0 Å². The molecule has 3 heterocycles. The third kappa shape index (κ3) is 4.82. The number of ether oxygens (including phenoxy) is 1. The number of carbonyl (C=O) groups is 1. The number of aryl methyl sites for hydroxylation is 1. The third-order valence-corrected chi connectivity index (χ3v) is 6.33. The smallest absolute Gasteiger partial charge is 0.253 e. The number of aromatic nitrogens is 1. The second-order valence-corrected chi connectivity index (χ2v) is 8.51. The Balaban J connectivity index is 1.35. The number of amides is 1. The quantitative estimate of drug-likeness (QED) is 0.750. The summed E-state index contributed by atoms with van der Waals surface area (Å²) in [5.74, 6) is 0.162. The Morgan fingerprint density at radius 3 is 2.48 bits per heavy atom. The predicted octanol–water partition coefficient (Wildman–Crippen LogP) is 2.53. The van der Waals surface area contributed by atoms with Crippen LogP contribution in [-0.4, -0.2) is 90.2 Å². The van der Waals surface area contributed by atoms with Gasteiger partial charge in [0.2, 0.25) is 0 Å². The van der Waals surface area contributed by atoms with Gasteiger partial charge in [0, 0.05) is 81.1 Å². The van der Waals surface area contributed by atoms with Crippen LogP contribution >= 0.6 is 0 Å². The van der Waals surface area contributed by atoms with Crippen molar-refractivity contribution in [1.82, 2.24) is 19.3 Å². The van der Waals surface area contributed by atoms with Gasteiger partial charge in [-0.3, -0.25) is 14.6 Å². The Morgan fingerprint density at radius 1 is 1.00 bits per heavy atom. The Bertz CT molecular complexity index is 817. The molecule has 6 nitrogen and oxygen atoms in total. The highest BCUT2D eigenvalue weighted by Gasteiger charge is 2.23. The average Bonchev–Trinajstić information content (AvgIpc) is 3.16. The maximum atomic E-state index is 13.0. The first-order valence-corrected chi connectivity index (χ1v) is 11.0. The summed E-state index contributed by atoms with van der Waals surface area (Å²) in [5.41, 5.74) is 2.02. The summed E-state index contributed by atoms with van der Waals surface area (Å²) in [6.07, 6.45) is 3.28. The first-order chi connectivity index (χ1) is 14.1. The number of nitrogens with zero attached hydrogens (tertiary/aromatic N) is 4. The van der Waals surface area contributed by atoms with Crippen molar-refractivity contribution >= 4 is 16.8 Å². The lowest BCUT2D eigenvalue weighted by molar-refractivity contribution is 0.0369. The lowest BCUT2D eigenvalue weighted by Gasteiger charge is -2.37. The molecule has 4 rings (SSSR count). The zero-order chi connectivity index (χ0) is 20.2. The summed E-state index contributed by atoms with van der Waals surface area (Å²) >= 11 is 0. The molecule has 2 fully saturated rings. The van der Waals surface area contributed by atoms with Crippen molar-refractivity contribution in [2.75, 3.05) is 59.0 Å². The highest BCUT2D eigenvalue weighted by molar-refractivity contribution is 5.98. The van der Waals surface area contributed by atoms with Crippen LogP contribution in [0.3, 0.4) is 0 Å². The Hall–Kier alpha value is -1.89. The molecule has 1 aromatic heterocycles. The van der Waals surface area contributed by atoms with E-state index in [0.29, 0.717) is 6.04 Å². The molecule has 29 heavy (non-hydrogen) atoms. The van der Waals surface area contributed by atoms with E-state index < -0.39 is 0 Å². The van der Waals surface area contributed by atoms with Gasteiger partial charge in [0.1, 0.15) is 0 Å². The molecule has 2 aliphatic rings. The summed E-state index contributed by atoms with van der Waals surface area (Å²) in [4.78, 5) is 19.9. The van der Waals surface area contributed by atoms with E-state index in [-0.39, 0.29) is 5.91 Å². The van der Waals surface area contributed by atoms with Gasteiger partial charge in [0.15, 0.2) is 0 Å². The van der Waals surface area contributed by atoms with E-state index in [0.717, 1.165) is 82.9 Å². The fourth-order valence-electron chi connectivity index (χ4n) is 4.44. The van der Waals surface area contributed by atoms with E-state index in [1.54, 1.807) is 0 Å².